The monoisotopic (exact) mass is 275 g/mol. The first-order valence-corrected chi connectivity index (χ1v) is 7.75. The van der Waals surface area contributed by atoms with Gasteiger partial charge in [0.05, 0.1) is 0 Å². The average Bonchev–Trinajstić information content (AvgIpc) is 2.50. The highest BCUT2D eigenvalue weighted by atomic mass is 16.3. The third-order valence-electron chi connectivity index (χ3n) is 4.28. The fourth-order valence-corrected chi connectivity index (χ4v) is 2.85. The summed E-state index contributed by atoms with van der Waals surface area (Å²) in [5.41, 5.74) is 3.51. The van der Waals surface area contributed by atoms with E-state index in [-0.39, 0.29) is 12.5 Å². The molecule has 3 nitrogen and oxygen atoms in total. The molecular formula is C17H25NO2. The molecule has 3 heteroatoms. The van der Waals surface area contributed by atoms with Crippen molar-refractivity contribution >= 4 is 5.91 Å². The normalized spacial score (nSPS) is 15.5. The van der Waals surface area contributed by atoms with Crippen LogP contribution in [-0.4, -0.2) is 24.2 Å². The first-order valence-electron chi connectivity index (χ1n) is 7.75. The summed E-state index contributed by atoms with van der Waals surface area (Å²) in [5, 5.41) is 12.0. The molecule has 2 rings (SSSR count). The number of fused-ring (bicyclic) bond motifs is 1. The predicted molar refractivity (Wildman–Crippen MR) is 80.9 cm³/mol. The second-order valence-electron chi connectivity index (χ2n) is 5.69. The number of rotatable bonds is 6. The Labute approximate surface area is 121 Å². The Morgan fingerprint density at radius 1 is 1.30 bits per heavy atom. The maximum Gasteiger partial charge on any atom is 0.251 e. The molecule has 110 valence electrons. The van der Waals surface area contributed by atoms with Crippen LogP contribution in [0.3, 0.4) is 0 Å². The molecule has 0 fully saturated rings. The quantitative estimate of drug-likeness (QED) is 0.838. The van der Waals surface area contributed by atoms with Crippen LogP contribution in [0.25, 0.3) is 0 Å². The topological polar surface area (TPSA) is 49.3 Å². The van der Waals surface area contributed by atoms with Crippen LogP contribution in [-0.2, 0) is 12.8 Å². The number of nitrogens with one attached hydrogen (secondary N) is 1. The zero-order chi connectivity index (χ0) is 14.4. The van der Waals surface area contributed by atoms with E-state index < -0.39 is 0 Å². The van der Waals surface area contributed by atoms with Crippen LogP contribution < -0.4 is 5.32 Å². The third-order valence-corrected chi connectivity index (χ3v) is 4.28. The molecule has 1 aliphatic rings. The van der Waals surface area contributed by atoms with Crippen LogP contribution in [0, 0.1) is 5.92 Å². The number of benzene rings is 1. The fraction of sp³-hybridized carbons (Fsp3) is 0.588. The van der Waals surface area contributed by atoms with Gasteiger partial charge in [-0.3, -0.25) is 4.79 Å². The summed E-state index contributed by atoms with van der Waals surface area (Å²) in [6, 6.07) is 6.09. The number of amides is 1. The Morgan fingerprint density at radius 3 is 2.75 bits per heavy atom. The highest BCUT2D eigenvalue weighted by molar-refractivity contribution is 5.94. The van der Waals surface area contributed by atoms with Crippen LogP contribution in [0.2, 0.25) is 0 Å². The van der Waals surface area contributed by atoms with Gasteiger partial charge in [-0.05, 0) is 61.3 Å². The molecular weight excluding hydrogens is 250 g/mol. The summed E-state index contributed by atoms with van der Waals surface area (Å²) >= 11 is 0. The van der Waals surface area contributed by atoms with E-state index >= 15 is 0 Å². The smallest absolute Gasteiger partial charge is 0.251 e. The Kier molecular flexibility index (Phi) is 5.60. The summed E-state index contributed by atoms with van der Waals surface area (Å²) in [6.45, 7) is 2.92. The second-order valence-corrected chi connectivity index (χ2v) is 5.69. The van der Waals surface area contributed by atoms with Crippen molar-refractivity contribution in [3.63, 3.8) is 0 Å². The van der Waals surface area contributed by atoms with Crippen LogP contribution >= 0.6 is 0 Å². The van der Waals surface area contributed by atoms with Gasteiger partial charge in [0.25, 0.3) is 5.91 Å². The molecule has 1 aromatic rings. The molecule has 0 saturated carbocycles. The van der Waals surface area contributed by atoms with Gasteiger partial charge in [0.2, 0.25) is 0 Å². The zero-order valence-corrected chi connectivity index (χ0v) is 12.3. The maximum atomic E-state index is 12.2. The summed E-state index contributed by atoms with van der Waals surface area (Å²) in [5.74, 6) is 0.372. The van der Waals surface area contributed by atoms with Crippen LogP contribution in [0.5, 0.6) is 0 Å². The van der Waals surface area contributed by atoms with Gasteiger partial charge in [-0.15, -0.1) is 0 Å². The maximum absolute atomic E-state index is 12.2. The first-order chi connectivity index (χ1) is 9.74. The van der Waals surface area contributed by atoms with Crippen LogP contribution in [0.15, 0.2) is 18.2 Å². The Morgan fingerprint density at radius 2 is 2.05 bits per heavy atom. The lowest BCUT2D eigenvalue weighted by Crippen LogP contribution is -2.29. The minimum Gasteiger partial charge on any atom is -0.396 e. The standard InChI is InChI=1S/C17H25NO2/c1-2-13(9-10-19)12-18-17(20)16-8-7-14-5-3-4-6-15(14)11-16/h7-8,11,13,19H,2-6,9-10,12H2,1H3,(H,18,20). The predicted octanol–water partition coefficient (Wildman–Crippen LogP) is 2.70. The van der Waals surface area contributed by atoms with E-state index in [0.717, 1.165) is 31.2 Å². The van der Waals surface area contributed by atoms with Crippen molar-refractivity contribution in [1.82, 2.24) is 5.32 Å². The Bertz CT molecular complexity index is 456. The lowest BCUT2D eigenvalue weighted by molar-refractivity contribution is 0.0943. The van der Waals surface area contributed by atoms with Crippen molar-refractivity contribution in [1.29, 1.82) is 0 Å². The van der Waals surface area contributed by atoms with Gasteiger partial charge >= 0.3 is 0 Å². The van der Waals surface area contributed by atoms with Crippen molar-refractivity contribution in [3.8, 4) is 0 Å². The van der Waals surface area contributed by atoms with Gasteiger partial charge < -0.3 is 10.4 Å². The number of carbonyl (C=O) groups is 1. The zero-order valence-electron chi connectivity index (χ0n) is 12.3. The number of carbonyl (C=O) groups excluding carboxylic acids is 1. The molecule has 0 aliphatic heterocycles. The summed E-state index contributed by atoms with van der Waals surface area (Å²) in [4.78, 5) is 12.2. The van der Waals surface area contributed by atoms with Gasteiger partial charge in [0.1, 0.15) is 0 Å². The highest BCUT2D eigenvalue weighted by Crippen LogP contribution is 2.22. The lowest BCUT2D eigenvalue weighted by atomic mass is 9.90. The van der Waals surface area contributed by atoms with Crippen molar-refractivity contribution in [2.45, 2.75) is 45.4 Å². The van der Waals surface area contributed by atoms with E-state index in [1.54, 1.807) is 0 Å². The molecule has 0 radical (unpaired) electrons. The number of aliphatic hydroxyl groups excluding tert-OH is 1. The van der Waals surface area contributed by atoms with E-state index in [4.69, 9.17) is 5.11 Å². The molecule has 0 aromatic heterocycles. The molecule has 0 saturated heterocycles. The molecule has 0 bridgehead atoms. The highest BCUT2D eigenvalue weighted by Gasteiger charge is 2.14. The SMILES string of the molecule is CCC(CCO)CNC(=O)c1ccc2c(c1)CCCC2. The number of hydrogen-bond donors (Lipinski definition) is 2. The van der Waals surface area contributed by atoms with E-state index in [1.807, 2.05) is 6.07 Å². The molecule has 20 heavy (non-hydrogen) atoms. The van der Waals surface area contributed by atoms with Crippen LogP contribution in [0.1, 0.15) is 54.1 Å². The molecule has 1 atom stereocenters. The summed E-state index contributed by atoms with van der Waals surface area (Å²) in [6.07, 6.45) is 6.46. The van der Waals surface area contributed by atoms with Crippen molar-refractivity contribution < 1.29 is 9.90 Å². The minimum atomic E-state index is 0.00904. The van der Waals surface area contributed by atoms with E-state index in [1.165, 1.54) is 24.0 Å². The van der Waals surface area contributed by atoms with E-state index in [9.17, 15) is 4.79 Å². The largest absolute Gasteiger partial charge is 0.396 e. The number of hydrogen-bond acceptors (Lipinski definition) is 2. The van der Waals surface area contributed by atoms with Crippen molar-refractivity contribution in [3.05, 3.63) is 34.9 Å². The molecule has 0 heterocycles. The van der Waals surface area contributed by atoms with E-state index in [0.29, 0.717) is 12.5 Å². The molecule has 2 N–H and O–H groups in total. The van der Waals surface area contributed by atoms with E-state index in [2.05, 4.69) is 24.4 Å². The third kappa shape index (κ3) is 3.83. The van der Waals surface area contributed by atoms with Crippen molar-refractivity contribution in [2.24, 2.45) is 5.92 Å². The summed E-state index contributed by atoms with van der Waals surface area (Å²) < 4.78 is 0. The molecule has 0 spiro atoms. The average molecular weight is 275 g/mol. The van der Waals surface area contributed by atoms with Crippen LogP contribution in [0.4, 0.5) is 0 Å². The molecule has 1 aromatic carbocycles. The molecule has 1 unspecified atom stereocenters. The van der Waals surface area contributed by atoms with Gasteiger partial charge in [0.15, 0.2) is 0 Å². The van der Waals surface area contributed by atoms with Gasteiger partial charge in [-0.1, -0.05) is 19.4 Å². The number of aliphatic hydroxyl groups is 1. The van der Waals surface area contributed by atoms with Gasteiger partial charge in [-0.2, -0.15) is 0 Å². The molecule has 1 aliphatic carbocycles. The molecule has 1 amide bonds. The lowest BCUT2D eigenvalue weighted by Gasteiger charge is -2.17. The first kappa shape index (κ1) is 15.0. The number of aryl methyl sites for hydroxylation is 2. The fourth-order valence-electron chi connectivity index (χ4n) is 2.85. The van der Waals surface area contributed by atoms with Gasteiger partial charge in [-0.25, -0.2) is 0 Å². The minimum absolute atomic E-state index is 0.00904. The van der Waals surface area contributed by atoms with Gasteiger partial charge in [0, 0.05) is 18.7 Å². The second kappa shape index (κ2) is 7.44. The summed E-state index contributed by atoms with van der Waals surface area (Å²) in [7, 11) is 0. The Hall–Kier alpha value is -1.35. The Balaban J connectivity index is 1.95. The van der Waals surface area contributed by atoms with Crippen molar-refractivity contribution in [2.75, 3.05) is 13.2 Å².